The molecule has 0 radical (unpaired) electrons. The maximum absolute atomic E-state index is 13.1. The van der Waals surface area contributed by atoms with Crippen LogP contribution in [0.4, 0.5) is 0 Å². The van der Waals surface area contributed by atoms with E-state index in [9.17, 15) is 4.79 Å². The smallest absolute Gasteiger partial charge is 0.276 e. The summed E-state index contributed by atoms with van der Waals surface area (Å²) in [7, 11) is 0. The van der Waals surface area contributed by atoms with Crippen molar-refractivity contribution < 1.29 is 9.32 Å². The van der Waals surface area contributed by atoms with Gasteiger partial charge in [0.25, 0.3) is 5.91 Å². The van der Waals surface area contributed by atoms with E-state index in [4.69, 9.17) is 4.52 Å². The fourth-order valence-electron chi connectivity index (χ4n) is 4.90. The van der Waals surface area contributed by atoms with E-state index in [1.54, 1.807) is 0 Å². The molecule has 4 fully saturated rings. The van der Waals surface area contributed by atoms with Gasteiger partial charge in [-0.05, 0) is 56.8 Å². The van der Waals surface area contributed by atoms with Gasteiger partial charge < -0.3 is 9.42 Å². The molecule has 0 unspecified atom stereocenters. The Hall–Kier alpha value is -1.36. The van der Waals surface area contributed by atoms with Gasteiger partial charge in [0.05, 0.1) is 0 Å². The maximum Gasteiger partial charge on any atom is 0.276 e. The number of carbonyl (C=O) groups is 1. The molecule has 5 nitrogen and oxygen atoms in total. The number of nitrogens with zero attached hydrogens (tertiary/aromatic N) is 3. The highest BCUT2D eigenvalue weighted by Crippen LogP contribution is 2.35. The van der Waals surface area contributed by atoms with Gasteiger partial charge in [-0.1, -0.05) is 5.16 Å². The highest BCUT2D eigenvalue weighted by atomic mass is 16.5. The highest BCUT2D eigenvalue weighted by molar-refractivity contribution is 5.94. The SMILES string of the molecule is O=C(c1noc2c1CCCC2)N1C[C@@H]2CC[C@H](C1)N(CC1CC1)C2. The molecular weight excluding hydrogens is 302 g/mol. The van der Waals surface area contributed by atoms with E-state index < -0.39 is 0 Å². The predicted molar refractivity (Wildman–Crippen MR) is 89.9 cm³/mol. The van der Waals surface area contributed by atoms with Crippen molar-refractivity contribution in [3.8, 4) is 0 Å². The first kappa shape index (κ1) is 14.9. The van der Waals surface area contributed by atoms with Crippen LogP contribution < -0.4 is 0 Å². The molecule has 0 aromatic carbocycles. The zero-order chi connectivity index (χ0) is 16.1. The largest absolute Gasteiger partial charge is 0.360 e. The van der Waals surface area contributed by atoms with E-state index in [1.807, 2.05) is 0 Å². The summed E-state index contributed by atoms with van der Waals surface area (Å²) in [6, 6.07) is 0.552. The van der Waals surface area contributed by atoms with Crippen molar-refractivity contribution in [2.75, 3.05) is 26.2 Å². The molecule has 1 saturated carbocycles. The second kappa shape index (κ2) is 5.87. The minimum Gasteiger partial charge on any atom is -0.360 e. The van der Waals surface area contributed by atoms with Crippen molar-refractivity contribution in [1.82, 2.24) is 15.0 Å². The van der Waals surface area contributed by atoms with Gasteiger partial charge in [-0.2, -0.15) is 0 Å². The molecule has 0 spiro atoms. The van der Waals surface area contributed by atoms with Crippen molar-refractivity contribution >= 4 is 5.91 Å². The van der Waals surface area contributed by atoms with Crippen LogP contribution in [0.1, 0.15) is 60.3 Å². The average Bonchev–Trinajstić information content (AvgIpc) is 3.37. The summed E-state index contributed by atoms with van der Waals surface area (Å²) in [4.78, 5) is 17.9. The van der Waals surface area contributed by atoms with Crippen LogP contribution in [0.5, 0.6) is 0 Å². The summed E-state index contributed by atoms with van der Waals surface area (Å²) in [5.41, 5.74) is 1.71. The summed E-state index contributed by atoms with van der Waals surface area (Å²) in [5.74, 6) is 2.63. The Morgan fingerprint density at radius 2 is 1.96 bits per heavy atom. The minimum atomic E-state index is 0.118. The number of piperidine rings is 1. The molecule has 4 heterocycles. The van der Waals surface area contributed by atoms with Crippen LogP contribution >= 0.6 is 0 Å². The summed E-state index contributed by atoms with van der Waals surface area (Å²) >= 11 is 0. The maximum atomic E-state index is 13.1. The summed E-state index contributed by atoms with van der Waals surface area (Å²) in [6.45, 7) is 4.21. The first-order valence-corrected chi connectivity index (χ1v) is 9.78. The molecule has 1 amide bonds. The number of amides is 1. The molecule has 2 bridgehead atoms. The fraction of sp³-hybridized carbons (Fsp3) is 0.789. The lowest BCUT2D eigenvalue weighted by atomic mass is 9.95. The topological polar surface area (TPSA) is 49.6 Å². The Bertz CT molecular complexity index is 637. The Kier molecular flexibility index (Phi) is 3.65. The molecule has 2 aliphatic carbocycles. The van der Waals surface area contributed by atoms with Gasteiger partial charge in [-0.3, -0.25) is 9.69 Å². The molecule has 2 atom stereocenters. The third kappa shape index (κ3) is 2.67. The Morgan fingerprint density at radius 1 is 1.08 bits per heavy atom. The Morgan fingerprint density at radius 3 is 2.83 bits per heavy atom. The average molecular weight is 329 g/mol. The molecule has 1 aromatic rings. The normalized spacial score (nSPS) is 30.2. The Balaban J connectivity index is 1.35. The van der Waals surface area contributed by atoms with E-state index in [2.05, 4.69) is 15.0 Å². The van der Waals surface area contributed by atoms with Crippen LogP contribution in [0.2, 0.25) is 0 Å². The summed E-state index contributed by atoms with van der Waals surface area (Å²) in [6.07, 6.45) is 9.52. The van der Waals surface area contributed by atoms with E-state index in [0.717, 1.165) is 56.0 Å². The second-order valence-corrected chi connectivity index (χ2v) is 8.34. The number of carbonyl (C=O) groups excluding carboxylic acids is 1. The van der Waals surface area contributed by atoms with Gasteiger partial charge in [0, 0.05) is 44.2 Å². The monoisotopic (exact) mass is 329 g/mol. The van der Waals surface area contributed by atoms with Crippen molar-refractivity contribution in [3.05, 3.63) is 17.0 Å². The molecule has 24 heavy (non-hydrogen) atoms. The van der Waals surface area contributed by atoms with Crippen molar-refractivity contribution in [3.63, 3.8) is 0 Å². The van der Waals surface area contributed by atoms with Crippen LogP contribution in [-0.4, -0.2) is 53.1 Å². The summed E-state index contributed by atoms with van der Waals surface area (Å²) < 4.78 is 5.47. The molecular formula is C19H27N3O2. The molecule has 5 heteroatoms. The van der Waals surface area contributed by atoms with Crippen LogP contribution in [0.3, 0.4) is 0 Å². The second-order valence-electron chi connectivity index (χ2n) is 8.34. The minimum absolute atomic E-state index is 0.118. The lowest BCUT2D eigenvalue weighted by molar-refractivity contribution is 0.0725. The third-order valence-corrected chi connectivity index (χ3v) is 6.46. The van der Waals surface area contributed by atoms with Crippen molar-refractivity contribution in [1.29, 1.82) is 0 Å². The number of rotatable bonds is 3. The lowest BCUT2D eigenvalue weighted by Crippen LogP contribution is -2.45. The van der Waals surface area contributed by atoms with Crippen LogP contribution in [0.25, 0.3) is 0 Å². The number of fused-ring (bicyclic) bond motifs is 5. The van der Waals surface area contributed by atoms with E-state index >= 15 is 0 Å². The molecule has 3 saturated heterocycles. The fourth-order valence-corrected chi connectivity index (χ4v) is 4.90. The van der Waals surface area contributed by atoms with Crippen LogP contribution in [0.15, 0.2) is 4.52 Å². The van der Waals surface area contributed by atoms with E-state index in [0.29, 0.717) is 17.7 Å². The molecule has 0 N–H and O–H groups in total. The van der Waals surface area contributed by atoms with Gasteiger partial charge in [0.1, 0.15) is 5.76 Å². The Labute approximate surface area is 143 Å². The number of aryl methyl sites for hydroxylation is 1. The van der Waals surface area contributed by atoms with Crippen LogP contribution in [-0.2, 0) is 12.8 Å². The van der Waals surface area contributed by atoms with Gasteiger partial charge >= 0.3 is 0 Å². The zero-order valence-corrected chi connectivity index (χ0v) is 14.4. The summed E-state index contributed by atoms with van der Waals surface area (Å²) in [5, 5.41) is 4.17. The van der Waals surface area contributed by atoms with Crippen LogP contribution in [0, 0.1) is 11.8 Å². The van der Waals surface area contributed by atoms with Crippen molar-refractivity contribution in [2.24, 2.45) is 11.8 Å². The highest BCUT2D eigenvalue weighted by Gasteiger charge is 2.39. The molecule has 1 aromatic heterocycles. The predicted octanol–water partition coefficient (Wildman–Crippen LogP) is 2.50. The first-order chi connectivity index (χ1) is 11.8. The van der Waals surface area contributed by atoms with E-state index in [-0.39, 0.29) is 5.91 Å². The first-order valence-electron chi connectivity index (χ1n) is 9.78. The van der Waals surface area contributed by atoms with Gasteiger partial charge in [-0.25, -0.2) is 0 Å². The molecule has 130 valence electrons. The van der Waals surface area contributed by atoms with Gasteiger partial charge in [0.2, 0.25) is 0 Å². The molecule has 5 aliphatic rings. The molecule has 6 rings (SSSR count). The van der Waals surface area contributed by atoms with Gasteiger partial charge in [0.15, 0.2) is 5.69 Å². The number of aromatic nitrogens is 1. The quantitative estimate of drug-likeness (QED) is 0.855. The zero-order valence-electron chi connectivity index (χ0n) is 14.4. The van der Waals surface area contributed by atoms with Gasteiger partial charge in [-0.15, -0.1) is 0 Å². The standard InChI is InChI=1S/C19H27N3O2/c23-19(18-16-3-1-2-4-17(16)24-20-18)22-11-14-7-8-15(12-22)21(10-14)9-13-5-6-13/h13-15H,1-12H2/t14-,15-/m1/s1. The lowest BCUT2D eigenvalue weighted by Gasteiger charge is -2.36. The van der Waals surface area contributed by atoms with E-state index in [1.165, 1.54) is 38.8 Å². The number of hydrogen-bond acceptors (Lipinski definition) is 4. The number of hydrogen-bond donors (Lipinski definition) is 0. The molecule has 3 aliphatic heterocycles. The third-order valence-electron chi connectivity index (χ3n) is 6.46. The van der Waals surface area contributed by atoms with Crippen molar-refractivity contribution in [2.45, 2.75) is 57.4 Å².